The van der Waals surface area contributed by atoms with Crippen molar-refractivity contribution in [3.63, 3.8) is 0 Å². The summed E-state index contributed by atoms with van der Waals surface area (Å²) in [7, 11) is 0. The number of cyclic esters (lactones) is 1. The highest BCUT2D eigenvalue weighted by molar-refractivity contribution is 5.98. The first-order valence-electron chi connectivity index (χ1n) is 7.06. The number of anilines is 2. The maximum absolute atomic E-state index is 14.2. The molecule has 7 nitrogen and oxygen atoms in total. The van der Waals surface area contributed by atoms with Gasteiger partial charge in [0.25, 0.3) is 5.91 Å². The maximum Gasteiger partial charge on any atom is 0.415 e. The van der Waals surface area contributed by atoms with Crippen LogP contribution in [0.15, 0.2) is 24.3 Å². The highest BCUT2D eigenvalue weighted by Crippen LogP contribution is 2.33. The number of piperazine rings is 1. The predicted octanol–water partition coefficient (Wildman–Crippen LogP) is 0.202. The molecule has 22 heavy (non-hydrogen) atoms. The minimum atomic E-state index is -1.18. The van der Waals surface area contributed by atoms with Gasteiger partial charge in [0.1, 0.15) is 0 Å². The molecular formula is C14H17FN4O3. The van der Waals surface area contributed by atoms with Crippen LogP contribution in [0.25, 0.3) is 0 Å². The van der Waals surface area contributed by atoms with Crippen molar-refractivity contribution in [2.75, 3.05) is 36.0 Å². The van der Waals surface area contributed by atoms with Gasteiger partial charge in [-0.15, -0.1) is 0 Å². The third-order valence-electron chi connectivity index (χ3n) is 3.79. The number of ether oxygens (including phenoxy) is 1. The van der Waals surface area contributed by atoms with Gasteiger partial charge in [-0.1, -0.05) is 12.1 Å². The lowest BCUT2D eigenvalue weighted by atomic mass is 10.2. The third-order valence-corrected chi connectivity index (χ3v) is 3.79. The number of halogens is 1. The normalized spacial score (nSPS) is 25.2. The Kier molecular flexibility index (Phi) is 3.84. The average Bonchev–Trinajstić information content (AvgIpc) is 2.90. The van der Waals surface area contributed by atoms with Gasteiger partial charge in [0.2, 0.25) is 0 Å². The highest BCUT2D eigenvalue weighted by Gasteiger charge is 2.37. The molecule has 0 spiro atoms. The summed E-state index contributed by atoms with van der Waals surface area (Å²) < 4.78 is 19.1. The van der Waals surface area contributed by atoms with E-state index >= 15 is 0 Å². The number of hydrogen-bond acceptors (Lipinski definition) is 5. The molecule has 2 aliphatic rings. The number of hydrogen-bond donors (Lipinski definition) is 2. The third kappa shape index (κ3) is 2.57. The second kappa shape index (κ2) is 5.80. The number of para-hydroxylation sites is 2. The topological polar surface area (TPSA) is 87.9 Å². The zero-order valence-corrected chi connectivity index (χ0v) is 11.9. The molecule has 3 rings (SSSR count). The number of nitrogens with one attached hydrogen (secondary N) is 1. The van der Waals surface area contributed by atoms with E-state index in [0.717, 1.165) is 0 Å². The van der Waals surface area contributed by atoms with Gasteiger partial charge < -0.3 is 20.7 Å². The van der Waals surface area contributed by atoms with Crippen molar-refractivity contribution in [2.24, 2.45) is 5.73 Å². The Hall–Kier alpha value is -2.35. The van der Waals surface area contributed by atoms with E-state index in [0.29, 0.717) is 24.5 Å². The second-order valence-corrected chi connectivity index (χ2v) is 5.21. The molecule has 2 aliphatic heterocycles. The van der Waals surface area contributed by atoms with E-state index < -0.39 is 24.4 Å². The molecule has 0 bridgehead atoms. The van der Waals surface area contributed by atoms with Crippen molar-refractivity contribution in [1.29, 1.82) is 0 Å². The van der Waals surface area contributed by atoms with E-state index in [1.54, 1.807) is 29.2 Å². The Labute approximate surface area is 126 Å². The summed E-state index contributed by atoms with van der Waals surface area (Å²) in [6.45, 7) is 1.40. The summed E-state index contributed by atoms with van der Waals surface area (Å²) in [5, 5.41) is 2.97. The summed E-state index contributed by atoms with van der Waals surface area (Å²) in [5.74, 6) is -0.695. The number of amides is 2. The van der Waals surface area contributed by atoms with Crippen LogP contribution in [0.5, 0.6) is 0 Å². The summed E-state index contributed by atoms with van der Waals surface area (Å²) in [6, 6.07) is 6.98. The monoisotopic (exact) mass is 308 g/mol. The molecular weight excluding hydrogens is 291 g/mol. The molecule has 0 aromatic heterocycles. The van der Waals surface area contributed by atoms with Crippen LogP contribution in [0, 0.1) is 0 Å². The number of primary amides is 1. The number of carbonyl (C=O) groups excluding carboxylic acids is 2. The van der Waals surface area contributed by atoms with Gasteiger partial charge in [0, 0.05) is 19.6 Å². The lowest BCUT2D eigenvalue weighted by molar-refractivity contribution is -0.124. The van der Waals surface area contributed by atoms with E-state index in [4.69, 9.17) is 10.5 Å². The van der Waals surface area contributed by atoms with Crippen LogP contribution in [0.2, 0.25) is 0 Å². The number of alkyl halides is 1. The molecule has 1 aromatic rings. The first kappa shape index (κ1) is 14.6. The van der Waals surface area contributed by atoms with E-state index in [-0.39, 0.29) is 13.1 Å². The van der Waals surface area contributed by atoms with Crippen molar-refractivity contribution in [3.8, 4) is 0 Å². The van der Waals surface area contributed by atoms with E-state index in [2.05, 4.69) is 5.32 Å². The smallest absolute Gasteiger partial charge is 0.415 e. The number of carbonyl (C=O) groups is 2. The molecule has 3 N–H and O–H groups in total. The molecule has 118 valence electrons. The van der Waals surface area contributed by atoms with Crippen LogP contribution >= 0.6 is 0 Å². The van der Waals surface area contributed by atoms with Crippen LogP contribution in [0.4, 0.5) is 20.6 Å². The van der Waals surface area contributed by atoms with Gasteiger partial charge in [-0.05, 0) is 12.1 Å². The van der Waals surface area contributed by atoms with Gasteiger partial charge >= 0.3 is 6.09 Å². The molecule has 0 radical (unpaired) electrons. The van der Waals surface area contributed by atoms with Crippen LogP contribution in [-0.2, 0) is 9.53 Å². The van der Waals surface area contributed by atoms with Crippen molar-refractivity contribution in [1.82, 2.24) is 5.32 Å². The maximum atomic E-state index is 14.2. The largest absolute Gasteiger partial charge is 0.434 e. The minimum Gasteiger partial charge on any atom is -0.434 e. The average molecular weight is 308 g/mol. The molecule has 2 amide bonds. The minimum absolute atomic E-state index is 0.0359. The quantitative estimate of drug-likeness (QED) is 0.779. The van der Waals surface area contributed by atoms with Gasteiger partial charge in [-0.25, -0.2) is 9.18 Å². The van der Waals surface area contributed by atoms with Gasteiger partial charge in [-0.2, -0.15) is 0 Å². The molecule has 1 aromatic carbocycles. The first-order chi connectivity index (χ1) is 10.6. The van der Waals surface area contributed by atoms with Crippen LogP contribution in [-0.4, -0.2) is 50.6 Å². The predicted molar refractivity (Wildman–Crippen MR) is 78.4 cm³/mol. The Morgan fingerprint density at radius 2 is 2.09 bits per heavy atom. The van der Waals surface area contributed by atoms with Gasteiger partial charge in [0.05, 0.1) is 17.9 Å². The number of nitrogens with two attached hydrogens (primary N) is 1. The molecule has 0 aliphatic carbocycles. The highest BCUT2D eigenvalue weighted by atomic mass is 19.1. The Bertz CT molecular complexity index is 597. The van der Waals surface area contributed by atoms with Crippen molar-refractivity contribution < 1.29 is 18.7 Å². The second-order valence-electron chi connectivity index (χ2n) is 5.21. The van der Waals surface area contributed by atoms with Crippen molar-refractivity contribution in [2.45, 2.75) is 12.4 Å². The zero-order chi connectivity index (χ0) is 15.7. The number of rotatable bonds is 3. The Morgan fingerprint density at radius 1 is 1.36 bits per heavy atom. The fourth-order valence-corrected chi connectivity index (χ4v) is 2.69. The zero-order valence-electron chi connectivity index (χ0n) is 11.9. The summed E-state index contributed by atoms with van der Waals surface area (Å²) in [6.07, 6.45) is -2.81. The molecule has 0 saturated carbocycles. The summed E-state index contributed by atoms with van der Waals surface area (Å²) in [4.78, 5) is 26.1. The SMILES string of the molecule is NC(=O)[C@H]1CN(c2ccccc2N2CCNCC2F)C(=O)O1. The van der Waals surface area contributed by atoms with E-state index in [1.165, 1.54) is 4.90 Å². The van der Waals surface area contributed by atoms with Gasteiger partial charge in [0.15, 0.2) is 12.4 Å². The molecule has 2 atom stereocenters. The first-order valence-corrected chi connectivity index (χ1v) is 7.06. The number of nitrogens with zero attached hydrogens (tertiary/aromatic N) is 2. The fourth-order valence-electron chi connectivity index (χ4n) is 2.69. The summed E-state index contributed by atoms with van der Waals surface area (Å²) in [5.41, 5.74) is 6.29. The van der Waals surface area contributed by atoms with Crippen LogP contribution in [0.1, 0.15) is 0 Å². The summed E-state index contributed by atoms with van der Waals surface area (Å²) >= 11 is 0. The lowest BCUT2D eigenvalue weighted by Gasteiger charge is -2.35. The molecule has 8 heteroatoms. The number of benzene rings is 1. The van der Waals surface area contributed by atoms with Crippen LogP contribution < -0.4 is 20.9 Å². The fraction of sp³-hybridized carbons (Fsp3) is 0.429. The molecule has 2 saturated heterocycles. The molecule has 1 unspecified atom stereocenters. The molecule has 2 heterocycles. The Morgan fingerprint density at radius 3 is 2.73 bits per heavy atom. The van der Waals surface area contributed by atoms with Crippen LogP contribution in [0.3, 0.4) is 0 Å². The Balaban J connectivity index is 1.91. The lowest BCUT2D eigenvalue weighted by Crippen LogP contribution is -2.49. The van der Waals surface area contributed by atoms with Crippen molar-refractivity contribution >= 4 is 23.4 Å². The van der Waals surface area contributed by atoms with E-state index in [9.17, 15) is 14.0 Å². The molecule has 2 fully saturated rings. The standard InChI is InChI=1S/C14H17FN4O3/c15-12-7-17-5-6-18(12)9-3-1-2-4-10(9)19-8-11(13(16)20)22-14(19)21/h1-4,11-12,17H,5-8H2,(H2,16,20)/t11-,12?/m1/s1. The van der Waals surface area contributed by atoms with Crippen molar-refractivity contribution in [3.05, 3.63) is 24.3 Å². The van der Waals surface area contributed by atoms with Gasteiger partial charge in [-0.3, -0.25) is 9.69 Å². The van der Waals surface area contributed by atoms with E-state index in [1.807, 2.05) is 0 Å².